The van der Waals surface area contributed by atoms with Crippen LogP contribution in [0.1, 0.15) is 23.0 Å². The first-order chi connectivity index (χ1) is 26.9. The molecule has 298 valence electrons. The molecule has 0 spiro atoms. The molecule has 2 aromatic heterocycles. The molecule has 0 amide bonds. The average molecular weight is 771 g/mol. The first kappa shape index (κ1) is 39.9. The molecule has 2 aromatic carbocycles. The van der Waals surface area contributed by atoms with Gasteiger partial charge >= 0.3 is 23.3 Å². The molecule has 2 fully saturated rings. The summed E-state index contributed by atoms with van der Waals surface area (Å²) < 4.78 is 16.3. The second kappa shape index (κ2) is 17.8. The Hall–Kier alpha value is -5.74. The summed E-state index contributed by atoms with van der Waals surface area (Å²) in [7, 11) is 6.23. The largest absolute Gasteiger partial charge is 0.457 e. The molecule has 4 aromatic rings. The van der Waals surface area contributed by atoms with Crippen molar-refractivity contribution in [3.63, 3.8) is 0 Å². The fraction of sp³-hybridized carbons (Fsp3) is 0.450. The van der Waals surface area contributed by atoms with Gasteiger partial charge in [-0.15, -0.1) is 0 Å². The molecular weight excluding hydrogens is 720 g/mol. The maximum atomic E-state index is 13.1. The predicted octanol–water partition coefficient (Wildman–Crippen LogP) is 0.0796. The lowest BCUT2D eigenvalue weighted by Gasteiger charge is -2.38. The van der Waals surface area contributed by atoms with E-state index in [0.717, 1.165) is 20.3 Å². The number of carbonyl (C=O) groups is 2. The summed E-state index contributed by atoms with van der Waals surface area (Å²) in [6.45, 7) is 6.11. The third-order valence-corrected chi connectivity index (χ3v) is 10.9. The van der Waals surface area contributed by atoms with E-state index >= 15 is 0 Å². The van der Waals surface area contributed by atoms with Crippen molar-refractivity contribution in [1.82, 2.24) is 28.1 Å². The Labute approximate surface area is 324 Å². The van der Waals surface area contributed by atoms with Crippen molar-refractivity contribution in [1.29, 1.82) is 0 Å². The highest BCUT2D eigenvalue weighted by Crippen LogP contribution is 2.22. The molecular formula is C40H50N8O8. The number of ether oxygens (including phenoxy) is 2. The van der Waals surface area contributed by atoms with Crippen molar-refractivity contribution in [2.45, 2.75) is 11.8 Å². The lowest BCUT2D eigenvalue weighted by molar-refractivity contribution is -0.168. The van der Waals surface area contributed by atoms with Crippen LogP contribution in [-0.2, 0) is 47.3 Å². The maximum absolute atomic E-state index is 13.1. The van der Waals surface area contributed by atoms with Gasteiger partial charge in [0.1, 0.15) is 11.6 Å². The predicted molar refractivity (Wildman–Crippen MR) is 211 cm³/mol. The standard InChI is InChI=1S/C40H50N8O8/c1-41-33(23-35(49)43(3)39(41)53)47-19-15-45(16-20-47)25-31(29-11-7-5-8-12-29)27-55-37(51)38(52)56-28-32(30-13-9-6-10-14-30)26-46-17-21-48(22-18-46)34-24-36(50)44(4)40(54)42(34)2/h5-14,23-24,31-32H,15-22,25-28H2,1-4H3. The van der Waals surface area contributed by atoms with Gasteiger partial charge in [-0.1, -0.05) is 60.7 Å². The van der Waals surface area contributed by atoms with Crippen LogP contribution >= 0.6 is 0 Å². The van der Waals surface area contributed by atoms with Crippen LogP contribution in [0.15, 0.2) is 92.0 Å². The molecule has 4 heterocycles. The summed E-state index contributed by atoms with van der Waals surface area (Å²) in [6, 6.07) is 22.3. The van der Waals surface area contributed by atoms with E-state index in [1.165, 1.54) is 35.4 Å². The van der Waals surface area contributed by atoms with E-state index in [9.17, 15) is 28.8 Å². The van der Waals surface area contributed by atoms with Crippen LogP contribution in [0.2, 0.25) is 0 Å². The SMILES string of the molecule is Cn1c(N2CCN(CC(COC(=O)C(=O)OCC(CN3CCN(c4cc(=O)n(C)c(=O)n4C)CC3)c3ccccc3)c3ccccc3)CC2)cc(=O)n(C)c1=O. The number of anilines is 2. The lowest BCUT2D eigenvalue weighted by Crippen LogP contribution is -2.50. The Kier molecular flexibility index (Phi) is 12.7. The highest BCUT2D eigenvalue weighted by atomic mass is 16.6. The van der Waals surface area contributed by atoms with Crippen LogP contribution in [0, 0.1) is 0 Å². The molecule has 2 unspecified atom stereocenters. The average Bonchev–Trinajstić information content (AvgIpc) is 3.23. The molecule has 0 N–H and O–H groups in total. The smallest absolute Gasteiger partial charge is 0.417 e. The molecule has 2 aliphatic rings. The zero-order valence-electron chi connectivity index (χ0n) is 32.4. The third-order valence-electron chi connectivity index (χ3n) is 10.9. The van der Waals surface area contributed by atoms with Crippen LogP contribution in [0.3, 0.4) is 0 Å². The Morgan fingerprint density at radius 3 is 1.20 bits per heavy atom. The van der Waals surface area contributed by atoms with Crippen LogP contribution < -0.4 is 32.3 Å². The summed E-state index contributed by atoms with van der Waals surface area (Å²) >= 11 is 0. The second-order valence-electron chi connectivity index (χ2n) is 14.5. The number of benzene rings is 2. The number of nitrogens with zero attached hydrogens (tertiary/aromatic N) is 8. The van der Waals surface area contributed by atoms with E-state index in [1.54, 1.807) is 14.1 Å². The van der Waals surface area contributed by atoms with Crippen molar-refractivity contribution in [2.75, 3.05) is 88.5 Å². The lowest BCUT2D eigenvalue weighted by atomic mass is 9.99. The van der Waals surface area contributed by atoms with Crippen LogP contribution in [0.5, 0.6) is 0 Å². The summed E-state index contributed by atoms with van der Waals surface area (Å²) in [5.74, 6) is -1.39. The fourth-order valence-corrected chi connectivity index (χ4v) is 7.42. The van der Waals surface area contributed by atoms with E-state index in [1.807, 2.05) is 70.5 Å². The molecule has 16 heteroatoms. The molecule has 2 saturated heterocycles. The minimum absolute atomic E-state index is 0.0209. The zero-order chi connectivity index (χ0) is 39.9. The number of carbonyl (C=O) groups excluding carboxylic acids is 2. The number of piperazine rings is 2. The topological polar surface area (TPSA) is 154 Å². The van der Waals surface area contributed by atoms with Crippen LogP contribution in [0.4, 0.5) is 11.6 Å². The van der Waals surface area contributed by atoms with Gasteiger partial charge in [0.05, 0.1) is 13.2 Å². The third kappa shape index (κ3) is 9.20. The Morgan fingerprint density at radius 2 is 0.857 bits per heavy atom. The number of aromatic nitrogens is 4. The molecule has 2 aliphatic heterocycles. The molecule has 16 nitrogen and oxygen atoms in total. The van der Waals surface area contributed by atoms with E-state index in [0.29, 0.717) is 77.1 Å². The van der Waals surface area contributed by atoms with Crippen LogP contribution in [-0.4, -0.2) is 119 Å². The van der Waals surface area contributed by atoms with Gasteiger partial charge < -0.3 is 19.3 Å². The van der Waals surface area contributed by atoms with E-state index in [2.05, 4.69) is 9.80 Å². The first-order valence-corrected chi connectivity index (χ1v) is 18.8. The Morgan fingerprint density at radius 1 is 0.518 bits per heavy atom. The number of hydrogen-bond donors (Lipinski definition) is 0. The first-order valence-electron chi connectivity index (χ1n) is 18.8. The van der Waals surface area contributed by atoms with Gasteiger partial charge in [0.15, 0.2) is 0 Å². The highest BCUT2D eigenvalue weighted by Gasteiger charge is 2.28. The minimum atomic E-state index is -1.05. The molecule has 0 saturated carbocycles. The summed E-state index contributed by atoms with van der Waals surface area (Å²) in [5.41, 5.74) is 0.473. The van der Waals surface area contributed by atoms with Crippen molar-refractivity contribution >= 4 is 23.6 Å². The zero-order valence-corrected chi connectivity index (χ0v) is 32.4. The number of hydrogen-bond acceptors (Lipinski definition) is 12. The van der Waals surface area contributed by atoms with Gasteiger partial charge in [-0.3, -0.25) is 37.7 Å². The quantitative estimate of drug-likeness (QED) is 0.142. The number of esters is 2. The monoisotopic (exact) mass is 770 g/mol. The maximum Gasteiger partial charge on any atom is 0.417 e. The summed E-state index contributed by atoms with van der Waals surface area (Å²) in [4.78, 5) is 84.3. The van der Waals surface area contributed by atoms with E-state index in [-0.39, 0.29) is 47.5 Å². The van der Waals surface area contributed by atoms with Crippen molar-refractivity contribution < 1.29 is 19.1 Å². The fourth-order valence-electron chi connectivity index (χ4n) is 7.42. The van der Waals surface area contributed by atoms with Gasteiger partial charge in [-0.2, -0.15) is 0 Å². The summed E-state index contributed by atoms with van der Waals surface area (Å²) in [5, 5.41) is 0. The number of rotatable bonds is 12. The van der Waals surface area contributed by atoms with Crippen LogP contribution in [0.25, 0.3) is 0 Å². The normalized spacial score (nSPS) is 16.4. The molecule has 0 bridgehead atoms. The van der Waals surface area contributed by atoms with Crippen molar-refractivity contribution in [2.24, 2.45) is 28.2 Å². The van der Waals surface area contributed by atoms with Gasteiger partial charge in [-0.25, -0.2) is 19.2 Å². The van der Waals surface area contributed by atoms with E-state index in [4.69, 9.17) is 9.47 Å². The molecule has 0 aliphatic carbocycles. The molecule has 0 radical (unpaired) electrons. The van der Waals surface area contributed by atoms with Crippen molar-refractivity contribution in [3.05, 3.63) is 126 Å². The Bertz CT molecular complexity index is 2080. The molecule has 2 atom stereocenters. The minimum Gasteiger partial charge on any atom is -0.457 e. The molecule has 56 heavy (non-hydrogen) atoms. The van der Waals surface area contributed by atoms with E-state index < -0.39 is 11.9 Å². The van der Waals surface area contributed by atoms with Gasteiger partial charge in [-0.05, 0) is 11.1 Å². The summed E-state index contributed by atoms with van der Waals surface area (Å²) in [6.07, 6.45) is 0. The van der Waals surface area contributed by atoms with Crippen molar-refractivity contribution in [3.8, 4) is 0 Å². The Balaban J connectivity index is 1.03. The highest BCUT2D eigenvalue weighted by molar-refractivity contribution is 6.29. The second-order valence-corrected chi connectivity index (χ2v) is 14.5. The molecule has 6 rings (SSSR count). The van der Waals surface area contributed by atoms with Gasteiger partial charge in [0, 0.05) is 118 Å². The van der Waals surface area contributed by atoms with Gasteiger partial charge in [0.2, 0.25) is 0 Å². The van der Waals surface area contributed by atoms with Gasteiger partial charge in [0.25, 0.3) is 11.1 Å².